The molecule has 4 atom stereocenters. The average Bonchev–Trinajstić information content (AvgIpc) is 3.39. The number of amides is 3. The number of para-hydroxylation sites is 1. The van der Waals surface area contributed by atoms with E-state index in [1.54, 1.807) is 23.1 Å². The number of carbonyl (C=O) groups excluding carboxylic acids is 3. The summed E-state index contributed by atoms with van der Waals surface area (Å²) in [5.41, 5.74) is -0.140. The van der Waals surface area contributed by atoms with Gasteiger partial charge in [0.1, 0.15) is 5.75 Å². The van der Waals surface area contributed by atoms with Gasteiger partial charge in [0, 0.05) is 44.4 Å². The van der Waals surface area contributed by atoms with Crippen molar-refractivity contribution < 1.29 is 23.5 Å². The number of ether oxygens (including phenoxy) is 1. The van der Waals surface area contributed by atoms with E-state index in [0.717, 1.165) is 19.3 Å². The van der Waals surface area contributed by atoms with Gasteiger partial charge in [-0.3, -0.25) is 14.4 Å². The number of hydrogen-bond acceptors (Lipinski definition) is 5. The Hall–Kier alpha value is -3.29. The van der Waals surface area contributed by atoms with Crippen LogP contribution >= 0.6 is 0 Å². The lowest BCUT2D eigenvalue weighted by molar-refractivity contribution is -0.156. The highest BCUT2D eigenvalue weighted by Gasteiger charge is 2.57. The topological polar surface area (TPSA) is 92.1 Å². The Balaban J connectivity index is 1.12. The molecule has 1 aromatic heterocycles. The predicted octanol–water partition coefficient (Wildman–Crippen LogP) is 2.52. The minimum absolute atomic E-state index is 0.0561. The Morgan fingerprint density at radius 3 is 2.52 bits per heavy atom. The van der Waals surface area contributed by atoms with Crippen molar-refractivity contribution in [1.29, 1.82) is 0 Å². The van der Waals surface area contributed by atoms with Gasteiger partial charge in [-0.15, -0.1) is 0 Å². The van der Waals surface area contributed by atoms with Crippen LogP contribution in [-0.4, -0.2) is 59.4 Å². The number of furan rings is 1. The molecule has 33 heavy (non-hydrogen) atoms. The molecule has 3 amide bonds. The van der Waals surface area contributed by atoms with Crippen molar-refractivity contribution in [3.8, 4) is 5.75 Å². The van der Waals surface area contributed by atoms with Crippen LogP contribution in [0.1, 0.15) is 46.6 Å². The van der Waals surface area contributed by atoms with Crippen molar-refractivity contribution in [2.75, 3.05) is 26.2 Å². The maximum atomic E-state index is 13.5. The van der Waals surface area contributed by atoms with Crippen LogP contribution in [0.25, 0.3) is 0 Å². The summed E-state index contributed by atoms with van der Waals surface area (Å²) in [6.07, 6.45) is 4.79. The Morgan fingerprint density at radius 1 is 1.00 bits per heavy atom. The highest BCUT2D eigenvalue weighted by Crippen LogP contribution is 2.52. The van der Waals surface area contributed by atoms with Gasteiger partial charge in [-0.25, -0.2) is 0 Å². The average molecular weight is 450 g/mol. The van der Waals surface area contributed by atoms with E-state index in [1.807, 2.05) is 23.1 Å². The van der Waals surface area contributed by atoms with Crippen molar-refractivity contribution in [1.82, 2.24) is 15.1 Å². The first-order valence-electron chi connectivity index (χ1n) is 11.8. The number of piperazine rings is 1. The van der Waals surface area contributed by atoms with E-state index in [2.05, 4.69) is 5.32 Å². The second-order valence-corrected chi connectivity index (χ2v) is 9.62. The first kappa shape index (κ1) is 20.3. The molecule has 7 rings (SSSR count). The van der Waals surface area contributed by atoms with Crippen molar-refractivity contribution >= 4 is 17.7 Å². The maximum Gasteiger partial charge on any atom is 0.289 e. The number of nitrogens with one attached hydrogen (secondary N) is 1. The van der Waals surface area contributed by atoms with E-state index in [-0.39, 0.29) is 35.5 Å². The zero-order valence-electron chi connectivity index (χ0n) is 18.4. The van der Waals surface area contributed by atoms with Crippen LogP contribution in [0.2, 0.25) is 0 Å². The molecule has 3 saturated carbocycles. The third-order valence-corrected chi connectivity index (χ3v) is 7.89. The number of benzene rings is 1. The van der Waals surface area contributed by atoms with Gasteiger partial charge in [0.05, 0.1) is 11.8 Å². The van der Waals surface area contributed by atoms with Gasteiger partial charge in [-0.2, -0.15) is 0 Å². The molecule has 1 spiro atoms. The first-order chi connectivity index (χ1) is 16.0. The van der Waals surface area contributed by atoms with Gasteiger partial charge in [0.15, 0.2) is 11.5 Å². The summed E-state index contributed by atoms with van der Waals surface area (Å²) < 4.78 is 11.6. The Kier molecular flexibility index (Phi) is 4.71. The van der Waals surface area contributed by atoms with Crippen LogP contribution in [0.15, 0.2) is 47.1 Å². The summed E-state index contributed by atoms with van der Waals surface area (Å²) in [5, 5.41) is 3.15. The third-order valence-electron chi connectivity index (χ3n) is 7.89. The summed E-state index contributed by atoms with van der Waals surface area (Å²) in [6.45, 7) is 2.08. The minimum Gasteiger partial charge on any atom is -0.467 e. The minimum atomic E-state index is -0.709. The molecule has 1 saturated heterocycles. The summed E-state index contributed by atoms with van der Waals surface area (Å²) >= 11 is 0. The fourth-order valence-corrected chi connectivity index (χ4v) is 6.18. The van der Waals surface area contributed by atoms with Crippen molar-refractivity contribution in [2.45, 2.75) is 31.4 Å². The van der Waals surface area contributed by atoms with Gasteiger partial charge in [-0.05, 0) is 49.4 Å². The fourth-order valence-electron chi connectivity index (χ4n) is 6.18. The van der Waals surface area contributed by atoms with Gasteiger partial charge in [0.2, 0.25) is 5.91 Å². The number of rotatable bonds is 2. The molecular formula is C25H27N3O5. The summed E-state index contributed by atoms with van der Waals surface area (Å²) in [6, 6.07) is 10.7. The van der Waals surface area contributed by atoms with E-state index >= 15 is 0 Å². The lowest BCUT2D eigenvalue weighted by Gasteiger charge is -2.55. The van der Waals surface area contributed by atoms with Crippen LogP contribution in [-0.2, 0) is 4.79 Å². The molecular weight excluding hydrogens is 422 g/mol. The lowest BCUT2D eigenvalue weighted by Crippen LogP contribution is -2.67. The second kappa shape index (κ2) is 7.64. The van der Waals surface area contributed by atoms with E-state index in [9.17, 15) is 14.4 Å². The Morgan fingerprint density at radius 2 is 1.79 bits per heavy atom. The molecule has 5 aliphatic rings. The summed E-state index contributed by atoms with van der Waals surface area (Å²) in [7, 11) is 0. The summed E-state index contributed by atoms with van der Waals surface area (Å²) in [4.78, 5) is 42.4. The molecule has 8 heteroatoms. The molecule has 2 aliphatic heterocycles. The Labute approximate surface area is 191 Å². The standard InChI is InChI=1S/C25H27N3O5/c29-22-18-4-1-2-5-20(18)33-25(26-22)15-16-7-8-17(25)14-19(16)23(30)27-9-11-28(12-10-27)24(31)21-6-3-13-32-21/h1-6,13,16-17,19H,7-12,14-15H2,(H,26,29)/t16-,17+,19+,25+/m1/s1. The largest absolute Gasteiger partial charge is 0.467 e. The molecule has 2 aromatic rings. The summed E-state index contributed by atoms with van der Waals surface area (Å²) in [5.74, 6) is 1.15. The number of nitrogens with zero attached hydrogens (tertiary/aromatic N) is 2. The molecule has 0 unspecified atom stereocenters. The molecule has 8 nitrogen and oxygen atoms in total. The smallest absolute Gasteiger partial charge is 0.289 e. The molecule has 1 aromatic carbocycles. The molecule has 3 aliphatic carbocycles. The van der Waals surface area contributed by atoms with Crippen molar-refractivity contribution in [3.05, 3.63) is 54.0 Å². The molecule has 2 bridgehead atoms. The van der Waals surface area contributed by atoms with Crippen LogP contribution in [0.3, 0.4) is 0 Å². The highest BCUT2D eigenvalue weighted by atomic mass is 16.5. The zero-order chi connectivity index (χ0) is 22.6. The fraction of sp³-hybridized carbons (Fsp3) is 0.480. The maximum absolute atomic E-state index is 13.5. The van der Waals surface area contributed by atoms with Crippen LogP contribution in [0.4, 0.5) is 0 Å². The quantitative estimate of drug-likeness (QED) is 0.761. The van der Waals surface area contributed by atoms with Crippen LogP contribution in [0, 0.1) is 17.8 Å². The first-order valence-corrected chi connectivity index (χ1v) is 11.8. The predicted molar refractivity (Wildman–Crippen MR) is 117 cm³/mol. The van der Waals surface area contributed by atoms with E-state index < -0.39 is 5.72 Å². The van der Waals surface area contributed by atoms with Gasteiger partial charge >= 0.3 is 0 Å². The molecule has 4 fully saturated rings. The van der Waals surface area contributed by atoms with E-state index in [1.165, 1.54) is 6.26 Å². The number of carbonyl (C=O) groups is 3. The van der Waals surface area contributed by atoms with Gasteiger partial charge in [-0.1, -0.05) is 12.1 Å². The van der Waals surface area contributed by atoms with E-state index in [0.29, 0.717) is 49.7 Å². The number of hydrogen-bond donors (Lipinski definition) is 1. The van der Waals surface area contributed by atoms with Gasteiger partial charge in [0.25, 0.3) is 11.8 Å². The van der Waals surface area contributed by atoms with Gasteiger partial charge < -0.3 is 24.3 Å². The van der Waals surface area contributed by atoms with Crippen molar-refractivity contribution in [3.63, 3.8) is 0 Å². The van der Waals surface area contributed by atoms with E-state index in [4.69, 9.17) is 9.15 Å². The third kappa shape index (κ3) is 3.31. The molecule has 172 valence electrons. The second-order valence-electron chi connectivity index (χ2n) is 9.62. The normalized spacial score (nSPS) is 30.5. The van der Waals surface area contributed by atoms with Crippen molar-refractivity contribution in [2.24, 2.45) is 17.8 Å². The zero-order valence-corrected chi connectivity index (χ0v) is 18.4. The monoisotopic (exact) mass is 449 g/mol. The SMILES string of the molecule is O=C1N[C@@]2(C[C@H]3CC[C@H]2C[C@@H]3C(=O)N2CCN(C(=O)c3ccco3)CC2)Oc2ccccc21. The molecule has 1 N–H and O–H groups in total. The number of fused-ring (bicyclic) bond motifs is 3. The Bertz CT molecular complexity index is 1090. The molecule has 0 radical (unpaired) electrons. The molecule has 3 heterocycles. The lowest BCUT2D eigenvalue weighted by atomic mass is 9.59. The highest BCUT2D eigenvalue weighted by molar-refractivity contribution is 5.98. The van der Waals surface area contributed by atoms with Crippen LogP contribution in [0.5, 0.6) is 5.75 Å². The van der Waals surface area contributed by atoms with Crippen LogP contribution < -0.4 is 10.1 Å².